The first-order chi connectivity index (χ1) is 9.37. The third kappa shape index (κ3) is 2.63. The molecule has 0 aliphatic rings. The fourth-order valence-electron chi connectivity index (χ4n) is 1.11. The van der Waals surface area contributed by atoms with Crippen LogP contribution in [0.5, 0.6) is 0 Å². The van der Waals surface area contributed by atoms with Gasteiger partial charge in [-0.05, 0) is 0 Å². The van der Waals surface area contributed by atoms with Crippen LogP contribution in [-0.4, -0.2) is 36.1 Å². The van der Waals surface area contributed by atoms with Crippen molar-refractivity contribution in [1.82, 2.24) is 0 Å². The maximum absolute atomic E-state index is 10.6. The standard InChI is InChI=1S/2CN3O6.Hg/c2*5-2(6)1(3(7)8)4(9)10;. The molecule has 0 rings (SSSR count). The molecule has 21 heavy (non-hydrogen) atoms. The third-order valence-electron chi connectivity index (χ3n) is 2.23. The zero-order valence-corrected chi connectivity index (χ0v) is 14.8. The number of nitro groups is 6. The molecule has 0 aliphatic heterocycles. The molecule has 112 valence electrons. The fraction of sp³-hybridized carbons (Fsp3) is 1.00. The first kappa shape index (κ1) is 18.3. The normalized spacial score (nSPS) is 11.0. The van der Waals surface area contributed by atoms with Gasteiger partial charge in [-0.2, -0.15) is 0 Å². The molecule has 0 saturated heterocycles. The van der Waals surface area contributed by atoms with Gasteiger partial charge in [0.05, 0.1) is 0 Å². The van der Waals surface area contributed by atoms with E-state index in [1.54, 1.807) is 0 Å². The molecule has 0 radical (unpaired) electrons. The van der Waals surface area contributed by atoms with Crippen molar-refractivity contribution >= 4 is 0 Å². The Morgan fingerprint density at radius 1 is 0.476 bits per heavy atom. The Hall–Kier alpha value is -2.66. The summed E-state index contributed by atoms with van der Waals surface area (Å²) in [6, 6.07) is 0. The summed E-state index contributed by atoms with van der Waals surface area (Å²) >= 11 is -5.43. The van der Waals surface area contributed by atoms with Crippen LogP contribution in [0.3, 0.4) is 0 Å². The summed E-state index contributed by atoms with van der Waals surface area (Å²) in [5, 5.41) is 63.4. The van der Waals surface area contributed by atoms with Crippen molar-refractivity contribution in [3.05, 3.63) is 60.7 Å². The van der Waals surface area contributed by atoms with Crippen molar-refractivity contribution in [1.29, 1.82) is 0 Å². The van der Waals surface area contributed by atoms with Crippen LogP contribution in [0.25, 0.3) is 0 Å². The van der Waals surface area contributed by atoms with Crippen LogP contribution in [0.15, 0.2) is 0 Å². The van der Waals surface area contributed by atoms with E-state index >= 15 is 0 Å². The van der Waals surface area contributed by atoms with Crippen molar-refractivity contribution in [2.45, 2.75) is 6.59 Å². The molecule has 19 heteroatoms. The predicted octanol–water partition coefficient (Wildman–Crippen LogP) is -2.05. The van der Waals surface area contributed by atoms with Gasteiger partial charge in [0.15, 0.2) is 0 Å². The Kier molecular flexibility index (Phi) is 5.03. The Labute approximate surface area is 122 Å². The first-order valence-corrected chi connectivity index (χ1v) is 9.74. The van der Waals surface area contributed by atoms with Gasteiger partial charge in [0.25, 0.3) is 0 Å². The second kappa shape index (κ2) is 5.76. The van der Waals surface area contributed by atoms with Crippen molar-refractivity contribution in [2.75, 3.05) is 0 Å². The fourth-order valence-corrected chi connectivity index (χ4v) is 6.59. The van der Waals surface area contributed by atoms with E-state index in [0.29, 0.717) is 0 Å². The average molecular weight is 501 g/mol. The second-order valence-electron chi connectivity index (χ2n) is 3.27. The van der Waals surface area contributed by atoms with E-state index in [1.165, 1.54) is 0 Å². The third-order valence-corrected chi connectivity index (χ3v) is 11.9. The van der Waals surface area contributed by atoms with Gasteiger partial charge >= 0.3 is 121 Å². The molecule has 0 amide bonds. The van der Waals surface area contributed by atoms with Gasteiger partial charge in [0, 0.05) is 0 Å². The van der Waals surface area contributed by atoms with Crippen LogP contribution in [0.1, 0.15) is 0 Å². The summed E-state index contributed by atoms with van der Waals surface area (Å²) < 4.78 is -9.01. The number of rotatable bonds is 8. The van der Waals surface area contributed by atoms with Gasteiger partial charge in [-0.3, -0.25) is 0 Å². The maximum atomic E-state index is 10.6. The number of hydrogen-bond donors (Lipinski definition) is 0. The van der Waals surface area contributed by atoms with Crippen molar-refractivity contribution in [3.8, 4) is 0 Å². The summed E-state index contributed by atoms with van der Waals surface area (Å²) in [4.78, 5) is 50.2. The van der Waals surface area contributed by atoms with Crippen molar-refractivity contribution in [2.24, 2.45) is 0 Å². The van der Waals surface area contributed by atoms with Crippen LogP contribution >= 0.6 is 0 Å². The van der Waals surface area contributed by atoms with Gasteiger partial charge in [0.1, 0.15) is 0 Å². The van der Waals surface area contributed by atoms with Gasteiger partial charge in [-0.25, -0.2) is 0 Å². The monoisotopic (exact) mass is 502 g/mol. The molecule has 0 spiro atoms. The Morgan fingerprint density at radius 3 is 0.714 bits per heavy atom. The average Bonchev–Trinajstić information content (AvgIpc) is 2.26. The molecule has 0 aromatic rings. The first-order valence-electron chi connectivity index (χ1n) is 4.24. The molecule has 0 atom stereocenters. The Bertz CT molecular complexity index is 434. The SMILES string of the molecule is O=[N+]([O-])[C]([Hg][C]([N+](=O)[O-])([N+](=O)[O-])[N+](=O)[O-])([N+](=O)[O-])[N+](=O)[O-]. The van der Waals surface area contributed by atoms with E-state index in [4.69, 9.17) is 0 Å². The molecule has 0 unspecified atom stereocenters. The zero-order chi connectivity index (χ0) is 17.2. The van der Waals surface area contributed by atoms with Crippen LogP contribution in [0, 0.1) is 60.7 Å². The second-order valence-corrected chi connectivity index (χ2v) is 12.0. The number of hydrogen-bond acceptors (Lipinski definition) is 12. The summed E-state index contributed by atoms with van der Waals surface area (Å²) in [7, 11) is 0. The quantitative estimate of drug-likeness (QED) is 0.151. The molecule has 0 bridgehead atoms. The van der Waals surface area contributed by atoms with E-state index in [0.717, 1.165) is 0 Å². The molecule has 0 aromatic carbocycles. The van der Waals surface area contributed by atoms with Crippen LogP contribution in [0.4, 0.5) is 0 Å². The molecular weight excluding hydrogens is 501 g/mol. The topological polar surface area (TPSA) is 259 Å². The molecule has 0 aromatic heterocycles. The summed E-state index contributed by atoms with van der Waals surface area (Å²) in [5.41, 5.74) is 0. The minimum atomic E-state index is -5.43. The molecular formula is C2HgN6O12. The molecule has 18 nitrogen and oxygen atoms in total. The predicted molar refractivity (Wildman–Crippen MR) is 47.4 cm³/mol. The summed E-state index contributed by atoms with van der Waals surface area (Å²) in [5.74, 6) is 0. The minimum absolute atomic E-state index is 2.19. The Morgan fingerprint density at radius 2 is 0.619 bits per heavy atom. The summed E-state index contributed by atoms with van der Waals surface area (Å²) in [6.07, 6.45) is 0. The van der Waals surface area contributed by atoms with Crippen LogP contribution in [0.2, 0.25) is 0 Å². The van der Waals surface area contributed by atoms with E-state index in [-0.39, 0.29) is 0 Å². The van der Waals surface area contributed by atoms with Crippen LogP contribution < -0.4 is 0 Å². The van der Waals surface area contributed by atoms with E-state index in [1.807, 2.05) is 0 Å². The Balaban J connectivity index is 6.47. The van der Waals surface area contributed by atoms with E-state index in [2.05, 4.69) is 0 Å². The number of nitrogens with zero attached hydrogens (tertiary/aromatic N) is 6. The molecule has 0 fully saturated rings. The van der Waals surface area contributed by atoms with Gasteiger partial charge in [-0.15, -0.1) is 0 Å². The van der Waals surface area contributed by atoms with Crippen LogP contribution in [-0.2, 0) is 24.6 Å². The zero-order valence-electron chi connectivity index (χ0n) is 9.29. The molecule has 0 N–H and O–H groups in total. The molecule has 0 heterocycles. The molecule has 0 saturated carbocycles. The molecule has 0 aliphatic carbocycles. The van der Waals surface area contributed by atoms with Gasteiger partial charge in [-0.1, -0.05) is 0 Å². The van der Waals surface area contributed by atoms with E-state index in [9.17, 15) is 60.7 Å². The van der Waals surface area contributed by atoms with E-state index < -0.39 is 60.7 Å². The van der Waals surface area contributed by atoms with Gasteiger partial charge < -0.3 is 0 Å². The van der Waals surface area contributed by atoms with Crippen molar-refractivity contribution in [3.63, 3.8) is 0 Å². The van der Waals surface area contributed by atoms with Crippen molar-refractivity contribution < 1.29 is 54.1 Å². The van der Waals surface area contributed by atoms with Gasteiger partial charge in [0.2, 0.25) is 0 Å². The summed E-state index contributed by atoms with van der Waals surface area (Å²) in [6.45, 7) is 0.